The van der Waals surface area contributed by atoms with E-state index in [0.29, 0.717) is 6.42 Å². The van der Waals surface area contributed by atoms with Crippen LogP contribution in [-0.4, -0.2) is 31.6 Å². The van der Waals surface area contributed by atoms with Crippen LogP contribution >= 0.6 is 0 Å². The van der Waals surface area contributed by atoms with Gasteiger partial charge in [-0.05, 0) is 49.5 Å². The fraction of sp³-hybridized carbons (Fsp3) is 0.455. The van der Waals surface area contributed by atoms with Crippen LogP contribution in [0, 0.1) is 0 Å². The van der Waals surface area contributed by atoms with Crippen LogP contribution < -0.4 is 9.47 Å². The fourth-order valence-electron chi connectivity index (χ4n) is 3.58. The van der Waals surface area contributed by atoms with Gasteiger partial charge in [-0.1, -0.05) is 42.8 Å². The van der Waals surface area contributed by atoms with E-state index in [2.05, 4.69) is 4.90 Å². The lowest BCUT2D eigenvalue weighted by Crippen LogP contribution is -2.31. The third-order valence-electron chi connectivity index (χ3n) is 5.08. The Bertz CT molecular complexity index is 756. The lowest BCUT2D eigenvalue weighted by Gasteiger charge is -2.27. The molecule has 152 valence electrons. The molecule has 0 bridgehead atoms. The zero-order valence-electron chi connectivity index (χ0n) is 16.1. The Labute approximate surface area is 164 Å². The second kappa shape index (κ2) is 9.32. The molecule has 28 heavy (non-hydrogen) atoms. The van der Waals surface area contributed by atoms with Crippen molar-refractivity contribution < 1.29 is 22.6 Å². The summed E-state index contributed by atoms with van der Waals surface area (Å²) in [6, 6.07) is 11.8. The Hall–Kier alpha value is -2.21. The van der Waals surface area contributed by atoms with E-state index in [4.69, 9.17) is 9.47 Å². The predicted molar refractivity (Wildman–Crippen MR) is 103 cm³/mol. The topological polar surface area (TPSA) is 21.7 Å². The summed E-state index contributed by atoms with van der Waals surface area (Å²) < 4.78 is 51.7. The van der Waals surface area contributed by atoms with Crippen molar-refractivity contribution >= 4 is 0 Å². The summed E-state index contributed by atoms with van der Waals surface area (Å²) in [5.74, 6) is -0.0437. The normalized spacial score (nSPS) is 15.4. The number of methoxy groups -OCH3 is 1. The maximum atomic E-state index is 13.6. The molecule has 0 aliphatic carbocycles. The van der Waals surface area contributed by atoms with Gasteiger partial charge in [0.15, 0.2) is 11.5 Å². The molecule has 3 nitrogen and oxygen atoms in total. The number of piperidine rings is 1. The molecule has 3 rings (SSSR count). The highest BCUT2D eigenvalue weighted by Crippen LogP contribution is 2.44. The van der Waals surface area contributed by atoms with Crippen molar-refractivity contribution in [3.63, 3.8) is 0 Å². The van der Waals surface area contributed by atoms with Crippen molar-refractivity contribution in [3.8, 4) is 11.5 Å². The molecule has 0 unspecified atom stereocenters. The third kappa shape index (κ3) is 5.19. The summed E-state index contributed by atoms with van der Waals surface area (Å²) in [4.78, 5) is 2.35. The summed E-state index contributed by atoms with van der Waals surface area (Å²) in [5.41, 5.74) is 0.738. The highest BCUT2D eigenvalue weighted by Gasteiger charge is 2.36. The fourth-order valence-corrected chi connectivity index (χ4v) is 3.58. The molecule has 0 radical (unpaired) electrons. The number of ether oxygens (including phenoxy) is 2. The first kappa shape index (κ1) is 20.5. The third-order valence-corrected chi connectivity index (χ3v) is 5.08. The monoisotopic (exact) mass is 393 g/mol. The number of likely N-dealkylation sites (tertiary alicyclic amines) is 1. The second-order valence-electron chi connectivity index (χ2n) is 7.06. The summed E-state index contributed by atoms with van der Waals surface area (Å²) in [7, 11) is 1.40. The second-order valence-corrected chi connectivity index (χ2v) is 7.06. The van der Waals surface area contributed by atoms with Crippen LogP contribution in [0.15, 0.2) is 42.5 Å². The highest BCUT2D eigenvalue weighted by molar-refractivity contribution is 5.53. The maximum absolute atomic E-state index is 13.6. The van der Waals surface area contributed by atoms with Gasteiger partial charge in [-0.15, -0.1) is 0 Å². The minimum Gasteiger partial charge on any atom is -0.493 e. The molecule has 2 aromatic rings. The van der Waals surface area contributed by atoms with Crippen LogP contribution in [0.1, 0.15) is 36.0 Å². The molecule has 0 atom stereocenters. The number of hydrogen-bond acceptors (Lipinski definition) is 3. The quantitative estimate of drug-likeness (QED) is 0.635. The van der Waals surface area contributed by atoms with Crippen LogP contribution in [0.5, 0.6) is 11.5 Å². The minimum absolute atomic E-state index is 0.0514. The van der Waals surface area contributed by atoms with Gasteiger partial charge >= 0.3 is 6.18 Å². The first-order valence-electron chi connectivity index (χ1n) is 9.65. The van der Waals surface area contributed by atoms with Crippen molar-refractivity contribution in [2.24, 2.45) is 0 Å². The van der Waals surface area contributed by atoms with Crippen LogP contribution in [0.3, 0.4) is 0 Å². The van der Waals surface area contributed by atoms with Gasteiger partial charge in [0.25, 0.3) is 0 Å². The van der Waals surface area contributed by atoms with E-state index < -0.39 is 11.7 Å². The molecule has 1 heterocycles. The average Bonchev–Trinajstić information content (AvgIpc) is 2.71. The zero-order chi connectivity index (χ0) is 20.0. The van der Waals surface area contributed by atoms with Gasteiger partial charge < -0.3 is 14.4 Å². The average molecular weight is 393 g/mol. The van der Waals surface area contributed by atoms with Gasteiger partial charge in [0.05, 0.1) is 7.11 Å². The molecule has 2 aromatic carbocycles. The van der Waals surface area contributed by atoms with Gasteiger partial charge in [0.1, 0.15) is 12.2 Å². The number of halogens is 3. The molecule has 1 aliphatic rings. The van der Waals surface area contributed by atoms with Crippen LogP contribution in [-0.2, 0) is 19.2 Å². The van der Waals surface area contributed by atoms with Gasteiger partial charge in [-0.3, -0.25) is 0 Å². The molecular weight excluding hydrogens is 367 g/mol. The Morgan fingerprint density at radius 2 is 1.64 bits per heavy atom. The lowest BCUT2D eigenvalue weighted by molar-refractivity contribution is -0.139. The summed E-state index contributed by atoms with van der Waals surface area (Å²) in [6.45, 7) is 2.94. The van der Waals surface area contributed by atoms with Gasteiger partial charge in [0, 0.05) is 6.54 Å². The molecule has 1 saturated heterocycles. The SMILES string of the molecule is COc1c(CCN2CCCCC2)ccc(C(F)(F)F)c1OCc1ccccc1. The molecule has 1 aliphatic heterocycles. The molecule has 0 amide bonds. The van der Waals surface area contributed by atoms with Crippen molar-refractivity contribution in [2.45, 2.75) is 38.5 Å². The Balaban J connectivity index is 1.84. The van der Waals surface area contributed by atoms with Crippen molar-refractivity contribution in [2.75, 3.05) is 26.7 Å². The molecule has 0 saturated carbocycles. The van der Waals surface area contributed by atoms with Gasteiger partial charge in [-0.2, -0.15) is 13.2 Å². The van der Waals surface area contributed by atoms with Gasteiger partial charge in [-0.25, -0.2) is 0 Å². The Morgan fingerprint density at radius 3 is 2.29 bits per heavy atom. The van der Waals surface area contributed by atoms with Crippen LogP contribution in [0.25, 0.3) is 0 Å². The first-order valence-corrected chi connectivity index (χ1v) is 9.65. The van der Waals surface area contributed by atoms with Crippen LogP contribution in [0.2, 0.25) is 0 Å². The standard InChI is InChI=1S/C22H26F3NO2/c1-27-20-18(12-15-26-13-6-3-7-14-26)10-11-19(22(23,24)25)21(20)28-16-17-8-4-2-5-9-17/h2,4-5,8-11H,3,6-7,12-16H2,1H3. The van der Waals surface area contributed by atoms with Crippen molar-refractivity contribution in [3.05, 3.63) is 59.2 Å². The van der Waals surface area contributed by atoms with E-state index in [1.807, 2.05) is 30.3 Å². The number of hydrogen-bond donors (Lipinski definition) is 0. The van der Waals surface area contributed by atoms with Crippen molar-refractivity contribution in [1.29, 1.82) is 0 Å². The summed E-state index contributed by atoms with van der Waals surface area (Å²) in [5, 5.41) is 0. The van der Waals surface area contributed by atoms with E-state index in [0.717, 1.165) is 36.8 Å². The molecule has 6 heteroatoms. The molecule has 0 aromatic heterocycles. The molecule has 1 fully saturated rings. The smallest absolute Gasteiger partial charge is 0.420 e. The number of alkyl halides is 3. The Kier molecular flexibility index (Phi) is 6.83. The van der Waals surface area contributed by atoms with E-state index >= 15 is 0 Å². The molecular formula is C22H26F3NO2. The van der Waals surface area contributed by atoms with E-state index in [-0.39, 0.29) is 18.1 Å². The van der Waals surface area contributed by atoms with E-state index in [9.17, 15) is 13.2 Å². The van der Waals surface area contributed by atoms with E-state index in [1.54, 1.807) is 0 Å². The minimum atomic E-state index is -4.51. The number of nitrogens with zero attached hydrogens (tertiary/aromatic N) is 1. The maximum Gasteiger partial charge on any atom is 0.420 e. The molecule has 0 spiro atoms. The predicted octanol–water partition coefficient (Wildman–Crippen LogP) is 5.32. The number of benzene rings is 2. The van der Waals surface area contributed by atoms with Gasteiger partial charge in [0.2, 0.25) is 0 Å². The zero-order valence-corrected chi connectivity index (χ0v) is 16.1. The molecule has 0 N–H and O–H groups in total. The lowest BCUT2D eigenvalue weighted by atomic mass is 10.0. The first-order chi connectivity index (χ1) is 13.5. The highest BCUT2D eigenvalue weighted by atomic mass is 19.4. The largest absolute Gasteiger partial charge is 0.493 e. The number of rotatable bonds is 7. The van der Waals surface area contributed by atoms with Crippen LogP contribution in [0.4, 0.5) is 13.2 Å². The van der Waals surface area contributed by atoms with E-state index in [1.165, 1.54) is 32.4 Å². The summed E-state index contributed by atoms with van der Waals surface area (Å²) in [6.07, 6.45) is -0.281. The van der Waals surface area contributed by atoms with Crippen molar-refractivity contribution in [1.82, 2.24) is 4.90 Å². The summed E-state index contributed by atoms with van der Waals surface area (Å²) >= 11 is 0. The Morgan fingerprint density at radius 1 is 0.929 bits per heavy atom.